The molecule has 0 amide bonds. The van der Waals surface area contributed by atoms with E-state index in [1.807, 2.05) is 6.92 Å². The molecule has 1 aromatic rings. The molecule has 0 fully saturated rings. The summed E-state index contributed by atoms with van der Waals surface area (Å²) in [5.74, 6) is -0.121. The molecule has 0 spiro atoms. The number of hydrogen-bond donors (Lipinski definition) is 0. The highest BCUT2D eigenvalue weighted by Crippen LogP contribution is 2.27. The van der Waals surface area contributed by atoms with Crippen molar-refractivity contribution in [1.82, 2.24) is 0 Å². The van der Waals surface area contributed by atoms with Gasteiger partial charge in [0.05, 0.1) is 0 Å². The quantitative estimate of drug-likeness (QED) is 0.645. The van der Waals surface area contributed by atoms with Crippen LogP contribution in [0.1, 0.15) is 34.8 Å². The summed E-state index contributed by atoms with van der Waals surface area (Å²) >= 11 is 0. The van der Waals surface area contributed by atoms with Gasteiger partial charge in [-0.25, -0.2) is 4.39 Å². The van der Waals surface area contributed by atoms with E-state index >= 15 is 0 Å². The topological polar surface area (TPSA) is 17.1 Å². The Bertz CT molecular complexity index is 369. The monoisotopic (exact) mass is 178 g/mol. The molecular formula is C11H11FO. The number of Topliss-reactive ketones (excluding diaryl/α,β-unsaturated/α-hetero) is 1. The van der Waals surface area contributed by atoms with Crippen LogP contribution in [0.2, 0.25) is 0 Å². The van der Waals surface area contributed by atoms with Crippen molar-refractivity contribution in [2.24, 2.45) is 0 Å². The highest BCUT2D eigenvalue weighted by Gasteiger charge is 2.24. The first-order valence-electron chi connectivity index (χ1n) is 4.57. The first kappa shape index (κ1) is 8.42. The lowest BCUT2D eigenvalue weighted by atomic mass is 10.0. The number of carbonyl (C=O) groups excluding carboxylic acids is 1. The van der Waals surface area contributed by atoms with E-state index in [1.54, 1.807) is 6.07 Å². The zero-order valence-electron chi connectivity index (χ0n) is 7.56. The average molecular weight is 178 g/mol. The largest absolute Gasteiger partial charge is 0.294 e. The van der Waals surface area contributed by atoms with Crippen molar-refractivity contribution in [2.75, 3.05) is 0 Å². The first-order valence-corrected chi connectivity index (χ1v) is 4.57. The minimum absolute atomic E-state index is 0.103. The molecule has 0 N–H and O–H groups in total. The number of halogens is 1. The SMILES string of the molecule is CCc1ccc(F)c2c1C(=O)CC2. The molecule has 2 heteroatoms. The molecule has 0 radical (unpaired) electrons. The molecule has 1 aliphatic rings. The Morgan fingerprint density at radius 3 is 2.85 bits per heavy atom. The van der Waals surface area contributed by atoms with Gasteiger partial charge in [-0.15, -0.1) is 0 Å². The Morgan fingerprint density at radius 2 is 2.15 bits per heavy atom. The predicted molar refractivity (Wildman–Crippen MR) is 48.4 cm³/mol. The maximum Gasteiger partial charge on any atom is 0.163 e. The van der Waals surface area contributed by atoms with E-state index in [2.05, 4.69) is 0 Å². The van der Waals surface area contributed by atoms with E-state index in [1.165, 1.54) is 6.07 Å². The normalized spacial score (nSPS) is 14.8. The summed E-state index contributed by atoms with van der Waals surface area (Å²) in [6.45, 7) is 1.99. The van der Waals surface area contributed by atoms with Gasteiger partial charge in [0.2, 0.25) is 0 Å². The van der Waals surface area contributed by atoms with Crippen molar-refractivity contribution < 1.29 is 9.18 Å². The van der Waals surface area contributed by atoms with Gasteiger partial charge in [-0.05, 0) is 30.0 Å². The lowest BCUT2D eigenvalue weighted by Gasteiger charge is -2.05. The second-order valence-electron chi connectivity index (χ2n) is 3.34. The summed E-state index contributed by atoms with van der Waals surface area (Å²) in [7, 11) is 0. The van der Waals surface area contributed by atoms with Crippen molar-refractivity contribution in [1.29, 1.82) is 0 Å². The molecule has 0 aromatic heterocycles. The van der Waals surface area contributed by atoms with Crippen molar-refractivity contribution >= 4 is 5.78 Å². The first-order chi connectivity index (χ1) is 6.24. The second-order valence-corrected chi connectivity index (χ2v) is 3.34. The Labute approximate surface area is 76.6 Å². The molecule has 13 heavy (non-hydrogen) atoms. The molecule has 0 saturated carbocycles. The van der Waals surface area contributed by atoms with Gasteiger partial charge < -0.3 is 0 Å². The number of fused-ring (bicyclic) bond motifs is 1. The summed E-state index contributed by atoms with van der Waals surface area (Å²) in [6, 6.07) is 3.19. The average Bonchev–Trinajstić information content (AvgIpc) is 2.51. The number of carbonyl (C=O) groups is 1. The van der Waals surface area contributed by atoms with Crippen LogP contribution in [-0.2, 0) is 12.8 Å². The molecule has 1 aliphatic carbocycles. The van der Waals surface area contributed by atoms with E-state index in [-0.39, 0.29) is 11.6 Å². The zero-order valence-corrected chi connectivity index (χ0v) is 7.56. The summed E-state index contributed by atoms with van der Waals surface area (Å²) in [5, 5.41) is 0. The van der Waals surface area contributed by atoms with E-state index in [4.69, 9.17) is 0 Å². The standard InChI is InChI=1S/C11H11FO/c1-2-7-3-5-9(12)8-4-6-10(13)11(7)8/h3,5H,2,4,6H2,1H3. The fourth-order valence-corrected chi connectivity index (χ4v) is 1.92. The lowest BCUT2D eigenvalue weighted by molar-refractivity contribution is 0.0994. The van der Waals surface area contributed by atoms with Crippen molar-refractivity contribution in [3.05, 3.63) is 34.6 Å². The smallest absolute Gasteiger partial charge is 0.163 e. The fraction of sp³-hybridized carbons (Fsp3) is 0.364. The van der Waals surface area contributed by atoms with Gasteiger partial charge in [0.1, 0.15) is 5.82 Å². The molecule has 0 bridgehead atoms. The van der Waals surface area contributed by atoms with Crippen LogP contribution in [0.3, 0.4) is 0 Å². The summed E-state index contributed by atoms with van der Waals surface area (Å²) in [6.07, 6.45) is 1.85. The third-order valence-electron chi connectivity index (χ3n) is 2.60. The van der Waals surface area contributed by atoms with Crippen LogP contribution in [0.4, 0.5) is 4.39 Å². The van der Waals surface area contributed by atoms with Crippen molar-refractivity contribution in [3.8, 4) is 0 Å². The third-order valence-corrected chi connectivity index (χ3v) is 2.60. The van der Waals surface area contributed by atoms with Gasteiger partial charge in [-0.1, -0.05) is 13.0 Å². The molecule has 1 nitrogen and oxygen atoms in total. The molecule has 0 saturated heterocycles. The number of rotatable bonds is 1. The number of benzene rings is 1. The van der Waals surface area contributed by atoms with Crippen molar-refractivity contribution in [3.63, 3.8) is 0 Å². The molecular weight excluding hydrogens is 167 g/mol. The summed E-state index contributed by atoms with van der Waals surface area (Å²) in [4.78, 5) is 11.4. The van der Waals surface area contributed by atoms with Gasteiger partial charge in [-0.3, -0.25) is 4.79 Å². The molecule has 68 valence electrons. The molecule has 2 rings (SSSR count). The Balaban J connectivity index is 2.66. The van der Waals surface area contributed by atoms with Gasteiger partial charge in [0.25, 0.3) is 0 Å². The highest BCUT2D eigenvalue weighted by molar-refractivity contribution is 6.01. The Morgan fingerprint density at radius 1 is 1.38 bits per heavy atom. The molecule has 0 heterocycles. The Kier molecular flexibility index (Phi) is 1.91. The van der Waals surface area contributed by atoms with Crippen molar-refractivity contribution in [2.45, 2.75) is 26.2 Å². The Hall–Kier alpha value is -1.18. The van der Waals surface area contributed by atoms with E-state index in [0.717, 1.165) is 12.0 Å². The number of ketones is 1. The molecule has 0 unspecified atom stereocenters. The summed E-state index contributed by atoms with van der Waals surface area (Å²) < 4.78 is 13.2. The summed E-state index contributed by atoms with van der Waals surface area (Å²) in [5.41, 5.74) is 2.27. The van der Waals surface area contributed by atoms with Crippen LogP contribution < -0.4 is 0 Å². The maximum absolute atomic E-state index is 13.2. The van der Waals surface area contributed by atoms with E-state index in [0.29, 0.717) is 24.0 Å². The minimum Gasteiger partial charge on any atom is -0.294 e. The van der Waals surface area contributed by atoms with Crippen LogP contribution in [-0.4, -0.2) is 5.78 Å². The number of aryl methyl sites for hydroxylation is 1. The van der Waals surface area contributed by atoms with Crippen LogP contribution in [0.15, 0.2) is 12.1 Å². The molecule has 1 aromatic carbocycles. The fourth-order valence-electron chi connectivity index (χ4n) is 1.92. The third kappa shape index (κ3) is 1.17. The van der Waals surface area contributed by atoms with Gasteiger partial charge in [0, 0.05) is 12.0 Å². The molecule has 0 atom stereocenters. The lowest BCUT2D eigenvalue weighted by Crippen LogP contribution is -1.99. The maximum atomic E-state index is 13.2. The van der Waals surface area contributed by atoms with Gasteiger partial charge in [0.15, 0.2) is 5.78 Å². The minimum atomic E-state index is -0.224. The second kappa shape index (κ2) is 2.95. The van der Waals surface area contributed by atoms with Crippen LogP contribution in [0.25, 0.3) is 0 Å². The highest BCUT2D eigenvalue weighted by atomic mass is 19.1. The van der Waals surface area contributed by atoms with Gasteiger partial charge >= 0.3 is 0 Å². The predicted octanol–water partition coefficient (Wildman–Crippen LogP) is 2.52. The zero-order chi connectivity index (χ0) is 9.42. The van der Waals surface area contributed by atoms with E-state index < -0.39 is 0 Å². The molecule has 0 aliphatic heterocycles. The van der Waals surface area contributed by atoms with E-state index in [9.17, 15) is 9.18 Å². The van der Waals surface area contributed by atoms with Crippen LogP contribution >= 0.6 is 0 Å². The number of hydrogen-bond acceptors (Lipinski definition) is 1. The van der Waals surface area contributed by atoms with Gasteiger partial charge in [-0.2, -0.15) is 0 Å². The van der Waals surface area contributed by atoms with Crippen LogP contribution in [0.5, 0.6) is 0 Å². The van der Waals surface area contributed by atoms with Crippen LogP contribution in [0, 0.1) is 5.82 Å².